The Bertz CT molecular complexity index is 1130. The monoisotopic (exact) mass is 406 g/mol. The van der Waals surface area contributed by atoms with Crippen LogP contribution in [0.3, 0.4) is 0 Å². The first kappa shape index (κ1) is 16.4. The Kier molecular flexibility index (Phi) is 4.19. The van der Waals surface area contributed by atoms with E-state index < -0.39 is 0 Å². The summed E-state index contributed by atoms with van der Waals surface area (Å²) in [5.74, 6) is 0.940. The quantitative estimate of drug-likeness (QED) is 0.406. The van der Waals surface area contributed by atoms with Gasteiger partial charge in [-0.05, 0) is 76.6 Å². The normalized spacial score (nSPS) is 10.7. The van der Waals surface area contributed by atoms with E-state index in [1.165, 1.54) is 12.1 Å². The molecule has 26 heavy (non-hydrogen) atoms. The summed E-state index contributed by atoms with van der Waals surface area (Å²) in [5.41, 5.74) is 2.51. The molecule has 0 aliphatic carbocycles. The maximum absolute atomic E-state index is 13.0. The van der Waals surface area contributed by atoms with Gasteiger partial charge in [-0.15, -0.1) is 0 Å². The fourth-order valence-electron chi connectivity index (χ4n) is 2.78. The van der Waals surface area contributed by atoms with Gasteiger partial charge in [-0.3, -0.25) is 0 Å². The van der Waals surface area contributed by atoms with Crippen molar-refractivity contribution in [3.8, 4) is 23.3 Å². The lowest BCUT2D eigenvalue weighted by Gasteiger charge is -2.09. The second-order valence-electron chi connectivity index (χ2n) is 5.74. The molecule has 0 saturated carbocycles. The smallest absolute Gasteiger partial charge is 0.127 e. The van der Waals surface area contributed by atoms with E-state index >= 15 is 0 Å². The van der Waals surface area contributed by atoms with Gasteiger partial charge >= 0.3 is 0 Å². The zero-order valence-electron chi connectivity index (χ0n) is 13.5. The predicted molar refractivity (Wildman–Crippen MR) is 102 cm³/mol. The molecule has 0 bridgehead atoms. The minimum atomic E-state index is -0.297. The van der Waals surface area contributed by atoms with Crippen molar-refractivity contribution < 1.29 is 9.13 Å². The predicted octanol–water partition coefficient (Wildman–Crippen LogP) is 6.20. The summed E-state index contributed by atoms with van der Waals surface area (Å²) in [7, 11) is 0. The summed E-state index contributed by atoms with van der Waals surface area (Å²) in [5, 5.41) is 10.2. The van der Waals surface area contributed by atoms with Gasteiger partial charge in [-0.1, -0.05) is 6.07 Å². The number of hydrogen-bond donors (Lipinski definition) is 0. The summed E-state index contributed by atoms with van der Waals surface area (Å²) in [6.45, 7) is 0. The van der Waals surface area contributed by atoms with E-state index in [-0.39, 0.29) is 5.82 Å². The maximum atomic E-state index is 13.0. The number of rotatable bonds is 3. The number of aromatic nitrogens is 1. The van der Waals surface area contributed by atoms with Gasteiger partial charge in [-0.25, -0.2) is 4.39 Å². The molecule has 0 saturated heterocycles. The summed E-state index contributed by atoms with van der Waals surface area (Å²) in [6.07, 6.45) is 1.97. The molecule has 0 unspecified atom stereocenters. The molecule has 0 atom stereocenters. The molecule has 0 aliphatic heterocycles. The number of fused-ring (bicyclic) bond motifs is 1. The number of nitrogens with zero attached hydrogens (tertiary/aromatic N) is 2. The third-order valence-corrected chi connectivity index (χ3v) is 4.68. The first-order chi connectivity index (χ1) is 12.6. The highest BCUT2D eigenvalue weighted by molar-refractivity contribution is 9.10. The molecule has 0 spiro atoms. The SMILES string of the molecule is N#Cc1ccc2c(Br)cn(-c3ccc(Oc4ccc(F)cc4)cc3)c2c1. The largest absolute Gasteiger partial charge is 0.457 e. The second-order valence-corrected chi connectivity index (χ2v) is 6.59. The Labute approximate surface area is 158 Å². The van der Waals surface area contributed by atoms with Crippen molar-refractivity contribution in [2.75, 3.05) is 0 Å². The van der Waals surface area contributed by atoms with Crippen LogP contribution in [0.5, 0.6) is 11.5 Å². The van der Waals surface area contributed by atoms with E-state index in [9.17, 15) is 4.39 Å². The van der Waals surface area contributed by atoms with Crippen molar-refractivity contribution in [1.29, 1.82) is 5.26 Å². The average molecular weight is 407 g/mol. The molecule has 3 aromatic carbocycles. The third-order valence-electron chi connectivity index (χ3n) is 4.05. The fraction of sp³-hybridized carbons (Fsp3) is 0. The Hall–Kier alpha value is -3.10. The fourth-order valence-corrected chi connectivity index (χ4v) is 3.32. The molecule has 1 aromatic heterocycles. The van der Waals surface area contributed by atoms with Gasteiger partial charge in [0.15, 0.2) is 0 Å². The zero-order chi connectivity index (χ0) is 18.1. The van der Waals surface area contributed by atoms with Gasteiger partial charge in [0.25, 0.3) is 0 Å². The molecule has 0 fully saturated rings. The van der Waals surface area contributed by atoms with Crippen LogP contribution in [0.15, 0.2) is 77.4 Å². The Morgan fingerprint density at radius 3 is 2.23 bits per heavy atom. The minimum absolute atomic E-state index is 0.297. The van der Waals surface area contributed by atoms with Crippen molar-refractivity contribution in [2.45, 2.75) is 0 Å². The zero-order valence-corrected chi connectivity index (χ0v) is 15.1. The van der Waals surface area contributed by atoms with Crippen LogP contribution in [-0.4, -0.2) is 4.57 Å². The number of hydrogen-bond acceptors (Lipinski definition) is 2. The van der Waals surface area contributed by atoms with Crippen molar-refractivity contribution in [2.24, 2.45) is 0 Å². The molecule has 0 amide bonds. The van der Waals surface area contributed by atoms with Crippen LogP contribution in [0.1, 0.15) is 5.56 Å². The third kappa shape index (κ3) is 3.07. The summed E-state index contributed by atoms with van der Waals surface area (Å²) in [6, 6.07) is 21.2. The van der Waals surface area contributed by atoms with E-state index in [4.69, 9.17) is 10.00 Å². The second kappa shape index (κ2) is 6.66. The Morgan fingerprint density at radius 2 is 1.58 bits per heavy atom. The van der Waals surface area contributed by atoms with E-state index in [1.54, 1.807) is 18.2 Å². The first-order valence-corrected chi connectivity index (χ1v) is 8.68. The van der Waals surface area contributed by atoms with E-state index in [0.29, 0.717) is 17.1 Å². The first-order valence-electron chi connectivity index (χ1n) is 7.88. The minimum Gasteiger partial charge on any atom is -0.457 e. The lowest BCUT2D eigenvalue weighted by atomic mass is 10.2. The number of nitriles is 1. The molecular weight excluding hydrogens is 395 g/mol. The highest BCUT2D eigenvalue weighted by atomic mass is 79.9. The van der Waals surface area contributed by atoms with Gasteiger partial charge in [0, 0.05) is 21.7 Å². The van der Waals surface area contributed by atoms with Crippen molar-refractivity contribution in [1.82, 2.24) is 4.57 Å². The van der Waals surface area contributed by atoms with Crippen LogP contribution < -0.4 is 4.74 Å². The standard InChI is InChI=1S/C21H12BrFN2O/c22-20-13-25(21-11-14(12-24)1-10-19(20)21)16-4-8-18(9-5-16)26-17-6-2-15(23)3-7-17/h1-11,13H. The van der Waals surface area contributed by atoms with Gasteiger partial charge in [0.2, 0.25) is 0 Å². The molecular formula is C21H12BrFN2O. The van der Waals surface area contributed by atoms with E-state index in [0.717, 1.165) is 21.1 Å². The van der Waals surface area contributed by atoms with Crippen LogP contribution in [0.25, 0.3) is 16.6 Å². The molecule has 5 heteroatoms. The van der Waals surface area contributed by atoms with E-state index in [1.807, 2.05) is 47.2 Å². The van der Waals surface area contributed by atoms with Crippen LogP contribution in [-0.2, 0) is 0 Å². The van der Waals surface area contributed by atoms with Gasteiger partial charge < -0.3 is 9.30 Å². The molecule has 3 nitrogen and oxygen atoms in total. The molecule has 0 N–H and O–H groups in total. The lowest BCUT2D eigenvalue weighted by Crippen LogP contribution is -1.92. The van der Waals surface area contributed by atoms with Crippen molar-refractivity contribution >= 4 is 26.8 Å². The Morgan fingerprint density at radius 1 is 0.923 bits per heavy atom. The molecule has 0 radical (unpaired) electrons. The summed E-state index contributed by atoms with van der Waals surface area (Å²) >= 11 is 3.57. The highest BCUT2D eigenvalue weighted by Crippen LogP contribution is 2.30. The van der Waals surface area contributed by atoms with E-state index in [2.05, 4.69) is 22.0 Å². The van der Waals surface area contributed by atoms with Gasteiger partial charge in [0.05, 0.1) is 17.1 Å². The number of halogens is 2. The van der Waals surface area contributed by atoms with Crippen LogP contribution >= 0.6 is 15.9 Å². The summed E-state index contributed by atoms with van der Waals surface area (Å²) < 4.78 is 21.7. The average Bonchev–Trinajstić information content (AvgIpc) is 3.00. The summed E-state index contributed by atoms with van der Waals surface area (Å²) in [4.78, 5) is 0. The highest BCUT2D eigenvalue weighted by Gasteiger charge is 2.09. The number of benzene rings is 3. The number of ether oxygens (including phenoxy) is 1. The van der Waals surface area contributed by atoms with Crippen LogP contribution in [0, 0.1) is 17.1 Å². The molecule has 0 aliphatic rings. The molecule has 1 heterocycles. The van der Waals surface area contributed by atoms with Crippen molar-refractivity contribution in [3.05, 3.63) is 88.8 Å². The van der Waals surface area contributed by atoms with Crippen molar-refractivity contribution in [3.63, 3.8) is 0 Å². The topological polar surface area (TPSA) is 38.0 Å². The molecule has 4 rings (SSSR count). The molecule has 4 aromatic rings. The van der Waals surface area contributed by atoms with Gasteiger partial charge in [-0.2, -0.15) is 5.26 Å². The van der Waals surface area contributed by atoms with Crippen LogP contribution in [0.2, 0.25) is 0 Å². The molecule has 126 valence electrons. The lowest BCUT2D eigenvalue weighted by molar-refractivity contribution is 0.480. The Balaban J connectivity index is 1.68. The van der Waals surface area contributed by atoms with Crippen LogP contribution in [0.4, 0.5) is 4.39 Å². The maximum Gasteiger partial charge on any atom is 0.127 e. The van der Waals surface area contributed by atoms with Gasteiger partial charge in [0.1, 0.15) is 17.3 Å².